The van der Waals surface area contributed by atoms with Crippen molar-refractivity contribution in [2.24, 2.45) is 0 Å². The van der Waals surface area contributed by atoms with Crippen LogP contribution in [-0.2, 0) is 4.43 Å². The Balaban J connectivity index is 3.01. The molecule has 0 aromatic heterocycles. The van der Waals surface area contributed by atoms with Gasteiger partial charge in [0.05, 0.1) is 12.2 Å². The molecule has 2 atom stereocenters. The second kappa shape index (κ2) is 6.20. The van der Waals surface area contributed by atoms with E-state index in [0.717, 1.165) is 5.56 Å². The van der Waals surface area contributed by atoms with Gasteiger partial charge in [0.15, 0.2) is 8.32 Å². The first-order valence-electron chi connectivity index (χ1n) is 7.10. The Hall–Kier alpha value is -0.643. The van der Waals surface area contributed by atoms with Crippen molar-refractivity contribution in [1.82, 2.24) is 0 Å². The molecule has 1 rings (SSSR count). The van der Waals surface area contributed by atoms with Crippen molar-refractivity contribution in [2.75, 3.05) is 0 Å². The van der Waals surface area contributed by atoms with Gasteiger partial charge >= 0.3 is 0 Å². The lowest BCUT2D eigenvalue weighted by Crippen LogP contribution is -2.43. The van der Waals surface area contributed by atoms with E-state index < -0.39 is 14.4 Å². The number of hydrogen-bond donors (Lipinski definition) is 1. The van der Waals surface area contributed by atoms with E-state index in [2.05, 4.69) is 33.9 Å². The van der Waals surface area contributed by atoms with Crippen molar-refractivity contribution in [3.8, 4) is 0 Å². The van der Waals surface area contributed by atoms with Crippen LogP contribution in [0.5, 0.6) is 0 Å². The molecule has 0 bridgehead atoms. The van der Waals surface area contributed by atoms with Crippen LogP contribution in [0.15, 0.2) is 30.3 Å². The minimum atomic E-state index is -1.89. The lowest BCUT2D eigenvalue weighted by atomic mass is 10.0. The molecule has 0 aliphatic carbocycles. The fourth-order valence-corrected chi connectivity index (χ4v) is 3.00. The van der Waals surface area contributed by atoms with Gasteiger partial charge < -0.3 is 9.53 Å². The molecule has 3 heteroatoms. The highest BCUT2D eigenvalue weighted by molar-refractivity contribution is 6.74. The standard InChI is InChI=1S/C16H28O2Si/c1-7-14(17)15(13-11-9-8-10-12-13)18-19(5,6)16(2,3)4/h8-12,14-15,17H,7H2,1-6H3/t14-,15-/m0/s1. The van der Waals surface area contributed by atoms with Gasteiger partial charge in [0.25, 0.3) is 0 Å². The van der Waals surface area contributed by atoms with E-state index in [4.69, 9.17) is 4.43 Å². The van der Waals surface area contributed by atoms with Crippen LogP contribution in [0.25, 0.3) is 0 Å². The zero-order chi connectivity index (χ0) is 14.7. The third kappa shape index (κ3) is 4.16. The predicted molar refractivity (Wildman–Crippen MR) is 83.8 cm³/mol. The molecule has 0 heterocycles. The molecular weight excluding hydrogens is 252 g/mol. The highest BCUT2D eigenvalue weighted by atomic mass is 28.4. The molecule has 108 valence electrons. The summed E-state index contributed by atoms with van der Waals surface area (Å²) in [6.07, 6.45) is 0.0392. The van der Waals surface area contributed by atoms with Crippen molar-refractivity contribution in [3.63, 3.8) is 0 Å². The monoisotopic (exact) mass is 280 g/mol. The van der Waals surface area contributed by atoms with Gasteiger partial charge in [-0.05, 0) is 30.1 Å². The van der Waals surface area contributed by atoms with Crippen LogP contribution in [0, 0.1) is 0 Å². The molecule has 1 aromatic carbocycles. The van der Waals surface area contributed by atoms with Gasteiger partial charge in [-0.2, -0.15) is 0 Å². The topological polar surface area (TPSA) is 29.5 Å². The maximum absolute atomic E-state index is 10.3. The van der Waals surface area contributed by atoms with E-state index in [-0.39, 0.29) is 11.1 Å². The SMILES string of the molecule is CC[C@H](O)[C@@H](O[Si](C)(C)C(C)(C)C)c1ccccc1. The summed E-state index contributed by atoms with van der Waals surface area (Å²) in [5.41, 5.74) is 1.07. The van der Waals surface area contributed by atoms with Gasteiger partial charge in [0, 0.05) is 0 Å². The minimum Gasteiger partial charge on any atom is -0.407 e. The summed E-state index contributed by atoms with van der Waals surface area (Å²) in [4.78, 5) is 0. The molecule has 0 aliphatic rings. The summed E-state index contributed by atoms with van der Waals surface area (Å²) >= 11 is 0. The molecule has 0 unspecified atom stereocenters. The van der Waals surface area contributed by atoms with E-state index in [0.29, 0.717) is 6.42 Å². The number of hydrogen-bond acceptors (Lipinski definition) is 2. The minimum absolute atomic E-state index is 0.146. The average molecular weight is 280 g/mol. The van der Waals surface area contributed by atoms with Gasteiger partial charge in [-0.15, -0.1) is 0 Å². The molecule has 0 spiro atoms. The molecule has 19 heavy (non-hydrogen) atoms. The van der Waals surface area contributed by atoms with Crippen LogP contribution in [-0.4, -0.2) is 19.5 Å². The van der Waals surface area contributed by atoms with Crippen molar-refractivity contribution in [2.45, 2.75) is 64.5 Å². The van der Waals surface area contributed by atoms with Crippen molar-refractivity contribution >= 4 is 8.32 Å². The third-order valence-corrected chi connectivity index (χ3v) is 8.58. The fraction of sp³-hybridized carbons (Fsp3) is 0.625. The zero-order valence-corrected chi connectivity index (χ0v) is 14.1. The number of rotatable bonds is 5. The van der Waals surface area contributed by atoms with E-state index in [1.54, 1.807) is 0 Å². The van der Waals surface area contributed by atoms with E-state index in [9.17, 15) is 5.11 Å². The Labute approximate surface area is 118 Å². The second-order valence-electron chi connectivity index (χ2n) is 6.69. The Morgan fingerprint density at radius 2 is 1.68 bits per heavy atom. The van der Waals surface area contributed by atoms with Gasteiger partial charge in [0.2, 0.25) is 0 Å². The van der Waals surface area contributed by atoms with Crippen LogP contribution in [0.3, 0.4) is 0 Å². The van der Waals surface area contributed by atoms with Gasteiger partial charge in [-0.25, -0.2) is 0 Å². The normalized spacial score (nSPS) is 16.2. The molecule has 2 nitrogen and oxygen atoms in total. The summed E-state index contributed by atoms with van der Waals surface area (Å²) in [5, 5.41) is 10.4. The Morgan fingerprint density at radius 3 is 2.11 bits per heavy atom. The van der Waals surface area contributed by atoms with E-state index >= 15 is 0 Å². The summed E-state index contributed by atoms with van der Waals surface area (Å²) in [6, 6.07) is 10.1. The lowest BCUT2D eigenvalue weighted by Gasteiger charge is -2.40. The number of aliphatic hydroxyl groups is 1. The highest BCUT2D eigenvalue weighted by Crippen LogP contribution is 2.40. The van der Waals surface area contributed by atoms with Crippen LogP contribution < -0.4 is 0 Å². The van der Waals surface area contributed by atoms with E-state index in [1.165, 1.54) is 0 Å². The Morgan fingerprint density at radius 1 is 1.16 bits per heavy atom. The smallest absolute Gasteiger partial charge is 0.193 e. The highest BCUT2D eigenvalue weighted by Gasteiger charge is 2.40. The third-order valence-electron chi connectivity index (χ3n) is 4.12. The quantitative estimate of drug-likeness (QED) is 0.804. The molecule has 0 saturated carbocycles. The lowest BCUT2D eigenvalue weighted by molar-refractivity contribution is 0.0243. The average Bonchev–Trinajstić information content (AvgIpc) is 2.35. The summed E-state index contributed by atoms with van der Waals surface area (Å²) in [6.45, 7) is 13.1. The van der Waals surface area contributed by atoms with Crippen LogP contribution in [0.1, 0.15) is 45.8 Å². The molecule has 0 fully saturated rings. The first-order valence-corrected chi connectivity index (χ1v) is 10.0. The maximum atomic E-state index is 10.3. The zero-order valence-electron chi connectivity index (χ0n) is 13.1. The second-order valence-corrected chi connectivity index (χ2v) is 11.4. The fourth-order valence-electron chi connectivity index (χ4n) is 1.72. The van der Waals surface area contributed by atoms with Gasteiger partial charge in [-0.3, -0.25) is 0 Å². The molecule has 0 aliphatic heterocycles. The van der Waals surface area contributed by atoms with Gasteiger partial charge in [0.1, 0.15) is 0 Å². The van der Waals surface area contributed by atoms with Crippen LogP contribution in [0.4, 0.5) is 0 Å². The molecule has 1 aromatic rings. The summed E-state index contributed by atoms with van der Waals surface area (Å²) in [7, 11) is -1.89. The van der Waals surface area contributed by atoms with Crippen LogP contribution in [0.2, 0.25) is 18.1 Å². The molecule has 1 N–H and O–H groups in total. The van der Waals surface area contributed by atoms with Crippen molar-refractivity contribution < 1.29 is 9.53 Å². The number of benzene rings is 1. The van der Waals surface area contributed by atoms with Crippen molar-refractivity contribution in [1.29, 1.82) is 0 Å². The summed E-state index contributed by atoms with van der Waals surface area (Å²) in [5.74, 6) is 0. The van der Waals surface area contributed by atoms with Crippen molar-refractivity contribution in [3.05, 3.63) is 35.9 Å². The number of aliphatic hydroxyl groups excluding tert-OH is 1. The molecule has 0 saturated heterocycles. The first-order chi connectivity index (χ1) is 8.69. The van der Waals surface area contributed by atoms with E-state index in [1.807, 2.05) is 37.3 Å². The summed E-state index contributed by atoms with van der Waals surface area (Å²) < 4.78 is 6.43. The van der Waals surface area contributed by atoms with Crippen LogP contribution >= 0.6 is 0 Å². The maximum Gasteiger partial charge on any atom is 0.193 e. The first kappa shape index (κ1) is 16.4. The van der Waals surface area contributed by atoms with Gasteiger partial charge in [-0.1, -0.05) is 58.0 Å². The Kier molecular flexibility index (Phi) is 5.36. The largest absolute Gasteiger partial charge is 0.407 e. The molecule has 0 radical (unpaired) electrons. The molecular formula is C16H28O2Si. The predicted octanol–water partition coefficient (Wildman–Crippen LogP) is 4.52. The molecule has 0 amide bonds. The Bertz CT molecular complexity index is 381.